The highest BCUT2D eigenvalue weighted by molar-refractivity contribution is 5.79. The van der Waals surface area contributed by atoms with Crippen molar-refractivity contribution in [1.82, 2.24) is 10.2 Å². The summed E-state index contributed by atoms with van der Waals surface area (Å²) >= 11 is 0. The van der Waals surface area contributed by atoms with E-state index < -0.39 is 0 Å². The van der Waals surface area contributed by atoms with Gasteiger partial charge in [0.25, 0.3) is 0 Å². The fraction of sp³-hybridized carbons (Fsp3) is 0.556. The van der Waals surface area contributed by atoms with Gasteiger partial charge in [-0.05, 0) is 30.5 Å². The zero-order valence-corrected chi connectivity index (χ0v) is 14.5. The molecule has 0 radical (unpaired) electrons. The number of ether oxygens (including phenoxy) is 2. The van der Waals surface area contributed by atoms with Gasteiger partial charge in [0.15, 0.2) is 0 Å². The molecule has 1 heterocycles. The Morgan fingerprint density at radius 1 is 1.20 bits per heavy atom. The first-order valence-electron chi connectivity index (χ1n) is 8.46. The van der Waals surface area contributed by atoms with Gasteiger partial charge in [0, 0.05) is 26.2 Å². The second-order valence-corrected chi connectivity index (χ2v) is 6.07. The van der Waals surface area contributed by atoms with Crippen LogP contribution in [0.1, 0.15) is 18.4 Å². The molecule has 1 aliphatic rings. The van der Waals surface area contributed by atoms with Gasteiger partial charge in [-0.2, -0.15) is 0 Å². The number of halogens is 1. The molecule has 1 N–H and O–H groups in total. The average molecular weight is 352 g/mol. The minimum Gasteiger partial charge on any atom is -0.382 e. The number of piperidine rings is 1. The Bertz CT molecular complexity index is 557. The fourth-order valence-corrected chi connectivity index (χ4v) is 2.74. The van der Waals surface area contributed by atoms with Crippen LogP contribution >= 0.6 is 0 Å². The lowest BCUT2D eigenvalue weighted by Crippen LogP contribution is -2.47. The highest BCUT2D eigenvalue weighted by atomic mass is 19.1. The zero-order chi connectivity index (χ0) is 18.1. The molecule has 1 aromatic rings. The lowest BCUT2D eigenvalue weighted by molar-refractivity contribution is -0.132. The van der Waals surface area contributed by atoms with Crippen LogP contribution in [0.5, 0.6) is 0 Å². The number of hydrogen-bond donors (Lipinski definition) is 1. The third-order valence-corrected chi connectivity index (χ3v) is 4.15. The lowest BCUT2D eigenvalue weighted by Gasteiger charge is -2.32. The lowest BCUT2D eigenvalue weighted by atomic mass is 10.0. The van der Waals surface area contributed by atoms with E-state index in [1.54, 1.807) is 24.1 Å². The maximum Gasteiger partial charge on any atom is 0.246 e. The van der Waals surface area contributed by atoms with Gasteiger partial charge in [0.05, 0.1) is 19.6 Å². The number of nitrogens with zero attached hydrogens (tertiary/aromatic N) is 1. The normalized spacial score (nSPS) is 15.2. The molecule has 7 heteroatoms. The summed E-state index contributed by atoms with van der Waals surface area (Å²) < 4.78 is 22.9. The highest BCUT2D eigenvalue weighted by Gasteiger charge is 2.23. The number of methoxy groups -OCH3 is 1. The van der Waals surface area contributed by atoms with Gasteiger partial charge in [-0.15, -0.1) is 0 Å². The summed E-state index contributed by atoms with van der Waals surface area (Å²) in [6.45, 7) is 2.08. The van der Waals surface area contributed by atoms with Crippen molar-refractivity contribution in [2.75, 3.05) is 40.0 Å². The first-order valence-corrected chi connectivity index (χ1v) is 8.46. The van der Waals surface area contributed by atoms with Crippen molar-refractivity contribution >= 4 is 11.8 Å². The Kier molecular flexibility index (Phi) is 7.81. The summed E-state index contributed by atoms with van der Waals surface area (Å²) in [5, 5.41) is 2.93. The topological polar surface area (TPSA) is 67.9 Å². The van der Waals surface area contributed by atoms with Crippen LogP contribution in [0.2, 0.25) is 0 Å². The maximum atomic E-state index is 12.9. The van der Waals surface area contributed by atoms with Gasteiger partial charge in [0.2, 0.25) is 11.8 Å². The van der Waals surface area contributed by atoms with Gasteiger partial charge >= 0.3 is 0 Å². The van der Waals surface area contributed by atoms with Crippen molar-refractivity contribution in [2.45, 2.75) is 25.3 Å². The van der Waals surface area contributed by atoms with E-state index in [1.165, 1.54) is 12.1 Å². The Morgan fingerprint density at radius 2 is 1.88 bits per heavy atom. The van der Waals surface area contributed by atoms with Gasteiger partial charge < -0.3 is 19.7 Å². The van der Waals surface area contributed by atoms with E-state index in [1.807, 2.05) is 0 Å². The van der Waals surface area contributed by atoms with Gasteiger partial charge in [-0.3, -0.25) is 9.59 Å². The van der Waals surface area contributed by atoms with Crippen LogP contribution in [0, 0.1) is 5.82 Å². The number of amides is 2. The molecule has 0 aliphatic carbocycles. The Labute approximate surface area is 147 Å². The van der Waals surface area contributed by atoms with Crippen LogP contribution in [-0.2, 0) is 25.5 Å². The molecule has 6 nitrogen and oxygen atoms in total. The van der Waals surface area contributed by atoms with Gasteiger partial charge in [0.1, 0.15) is 12.4 Å². The summed E-state index contributed by atoms with van der Waals surface area (Å²) in [6, 6.07) is 6.04. The summed E-state index contributed by atoms with van der Waals surface area (Å²) in [7, 11) is 1.58. The molecule has 25 heavy (non-hydrogen) atoms. The highest BCUT2D eigenvalue weighted by Crippen LogP contribution is 2.13. The Hall–Kier alpha value is -1.99. The number of rotatable bonds is 8. The molecule has 138 valence electrons. The maximum absolute atomic E-state index is 12.9. The fourth-order valence-electron chi connectivity index (χ4n) is 2.74. The van der Waals surface area contributed by atoms with Gasteiger partial charge in [-0.1, -0.05) is 12.1 Å². The first-order chi connectivity index (χ1) is 12.1. The van der Waals surface area contributed by atoms with E-state index in [0.29, 0.717) is 26.3 Å². The van der Waals surface area contributed by atoms with Crippen molar-refractivity contribution in [3.8, 4) is 0 Å². The monoisotopic (exact) mass is 352 g/mol. The number of carbonyl (C=O) groups excluding carboxylic acids is 2. The predicted octanol–water partition coefficient (Wildman–Crippen LogP) is 1.14. The molecule has 0 atom stereocenters. The second-order valence-electron chi connectivity index (χ2n) is 6.07. The Morgan fingerprint density at radius 3 is 2.52 bits per heavy atom. The van der Waals surface area contributed by atoms with E-state index in [2.05, 4.69) is 5.32 Å². The van der Waals surface area contributed by atoms with Crippen molar-refractivity contribution < 1.29 is 23.5 Å². The largest absolute Gasteiger partial charge is 0.382 e. The van der Waals surface area contributed by atoms with Crippen LogP contribution in [0.4, 0.5) is 4.39 Å². The van der Waals surface area contributed by atoms with Crippen LogP contribution in [0.25, 0.3) is 0 Å². The number of benzene rings is 1. The van der Waals surface area contributed by atoms with E-state index in [0.717, 1.165) is 18.4 Å². The number of nitrogens with one attached hydrogen (secondary N) is 1. The van der Waals surface area contributed by atoms with Crippen molar-refractivity contribution in [1.29, 1.82) is 0 Å². The van der Waals surface area contributed by atoms with Crippen LogP contribution in [0.15, 0.2) is 24.3 Å². The summed E-state index contributed by atoms with van der Waals surface area (Å²) in [5.74, 6) is -0.426. The smallest absolute Gasteiger partial charge is 0.246 e. The second kappa shape index (κ2) is 10.1. The summed E-state index contributed by atoms with van der Waals surface area (Å²) in [6.07, 6.45) is 1.71. The van der Waals surface area contributed by atoms with Crippen molar-refractivity contribution in [3.63, 3.8) is 0 Å². The molecular formula is C18H25FN2O4. The van der Waals surface area contributed by atoms with Crippen LogP contribution < -0.4 is 5.32 Å². The molecule has 0 spiro atoms. The Balaban J connectivity index is 1.67. The summed E-state index contributed by atoms with van der Waals surface area (Å²) in [4.78, 5) is 25.9. The molecule has 0 bridgehead atoms. The standard InChI is InChI=1S/C18H25FN2O4/c1-24-10-11-25-13-17(22)20-16-6-8-21(9-7-16)18(23)12-14-2-4-15(19)5-3-14/h2-5,16H,6-13H2,1H3,(H,20,22). The minimum atomic E-state index is -0.307. The molecule has 0 unspecified atom stereocenters. The van der Waals surface area contributed by atoms with E-state index in [4.69, 9.17) is 9.47 Å². The number of hydrogen-bond acceptors (Lipinski definition) is 4. The van der Waals surface area contributed by atoms with Gasteiger partial charge in [-0.25, -0.2) is 4.39 Å². The molecular weight excluding hydrogens is 327 g/mol. The zero-order valence-electron chi connectivity index (χ0n) is 14.5. The quantitative estimate of drug-likeness (QED) is 0.713. The number of carbonyl (C=O) groups is 2. The molecule has 2 rings (SSSR count). The third kappa shape index (κ3) is 6.80. The van der Waals surface area contributed by atoms with E-state index in [-0.39, 0.29) is 36.7 Å². The van der Waals surface area contributed by atoms with E-state index in [9.17, 15) is 14.0 Å². The van der Waals surface area contributed by atoms with E-state index >= 15 is 0 Å². The average Bonchev–Trinajstić information content (AvgIpc) is 2.61. The third-order valence-electron chi connectivity index (χ3n) is 4.15. The van der Waals surface area contributed by atoms with Crippen LogP contribution in [-0.4, -0.2) is 62.8 Å². The number of likely N-dealkylation sites (tertiary alicyclic amines) is 1. The van der Waals surface area contributed by atoms with Crippen molar-refractivity contribution in [3.05, 3.63) is 35.6 Å². The first kappa shape index (κ1) is 19.3. The van der Waals surface area contributed by atoms with Crippen molar-refractivity contribution in [2.24, 2.45) is 0 Å². The molecule has 1 saturated heterocycles. The molecule has 1 aliphatic heterocycles. The predicted molar refractivity (Wildman–Crippen MR) is 90.5 cm³/mol. The molecule has 1 aromatic carbocycles. The minimum absolute atomic E-state index is 0.0209. The molecule has 2 amide bonds. The molecule has 0 aromatic heterocycles. The summed E-state index contributed by atoms with van der Waals surface area (Å²) in [5.41, 5.74) is 0.801. The van der Waals surface area contributed by atoms with Crippen LogP contribution in [0.3, 0.4) is 0 Å². The molecule has 1 fully saturated rings. The SMILES string of the molecule is COCCOCC(=O)NC1CCN(C(=O)Cc2ccc(F)cc2)CC1. The molecule has 0 saturated carbocycles.